The third kappa shape index (κ3) is 3.26. The van der Waals surface area contributed by atoms with Crippen LogP contribution in [0.5, 0.6) is 0 Å². The van der Waals surface area contributed by atoms with Crippen molar-refractivity contribution in [2.24, 2.45) is 0 Å². The summed E-state index contributed by atoms with van der Waals surface area (Å²) in [7, 11) is 0. The van der Waals surface area contributed by atoms with Gasteiger partial charge in [0.05, 0.1) is 18.3 Å². The molecule has 0 saturated carbocycles. The molecule has 0 aliphatic rings. The molecule has 0 amide bonds. The lowest BCUT2D eigenvalue weighted by molar-refractivity contribution is 0.360. The number of H-pyrrole nitrogens is 1. The Labute approximate surface area is 129 Å². The van der Waals surface area contributed by atoms with Crippen LogP contribution in [0.4, 0.5) is 0 Å². The second-order valence-electron chi connectivity index (χ2n) is 5.57. The van der Waals surface area contributed by atoms with Crippen molar-refractivity contribution >= 4 is 0 Å². The maximum Gasteiger partial charge on any atom is 0.150 e. The lowest BCUT2D eigenvalue weighted by Crippen LogP contribution is -2.22. The molecule has 0 unspecified atom stereocenters. The van der Waals surface area contributed by atoms with Gasteiger partial charge in [-0.25, -0.2) is 4.98 Å². The summed E-state index contributed by atoms with van der Waals surface area (Å²) in [6, 6.07) is 12.2. The fourth-order valence-electron chi connectivity index (χ4n) is 2.34. The smallest absolute Gasteiger partial charge is 0.150 e. The molecule has 5 heteroatoms. The molecule has 1 aromatic carbocycles. The Morgan fingerprint density at radius 3 is 2.68 bits per heavy atom. The van der Waals surface area contributed by atoms with Crippen LogP contribution < -0.4 is 5.32 Å². The van der Waals surface area contributed by atoms with E-state index in [2.05, 4.69) is 46.4 Å². The molecular weight excluding hydrogens is 276 g/mol. The second kappa shape index (κ2) is 6.58. The minimum absolute atomic E-state index is 0.0104. The Morgan fingerprint density at radius 1 is 1.23 bits per heavy atom. The zero-order valence-electron chi connectivity index (χ0n) is 12.8. The van der Waals surface area contributed by atoms with E-state index in [9.17, 15) is 0 Å². The van der Waals surface area contributed by atoms with E-state index >= 15 is 0 Å². The van der Waals surface area contributed by atoms with Gasteiger partial charge in [0.1, 0.15) is 5.82 Å². The molecule has 0 aliphatic carbocycles. The van der Waals surface area contributed by atoms with Gasteiger partial charge in [0.15, 0.2) is 5.76 Å². The molecule has 0 aliphatic heterocycles. The van der Waals surface area contributed by atoms with Crippen molar-refractivity contribution in [3.63, 3.8) is 0 Å². The van der Waals surface area contributed by atoms with E-state index in [-0.39, 0.29) is 6.04 Å². The minimum atomic E-state index is -0.0104. The van der Waals surface area contributed by atoms with E-state index in [0.29, 0.717) is 12.5 Å². The van der Waals surface area contributed by atoms with E-state index in [0.717, 1.165) is 22.8 Å². The van der Waals surface area contributed by atoms with Gasteiger partial charge in [-0.3, -0.25) is 5.32 Å². The van der Waals surface area contributed by atoms with Crippen molar-refractivity contribution < 1.29 is 4.52 Å². The van der Waals surface area contributed by atoms with Crippen LogP contribution in [0.2, 0.25) is 0 Å². The quantitative estimate of drug-likeness (QED) is 0.731. The van der Waals surface area contributed by atoms with Crippen LogP contribution in [0.25, 0.3) is 0 Å². The molecule has 0 fully saturated rings. The topological polar surface area (TPSA) is 66.7 Å². The molecule has 2 heterocycles. The molecule has 2 N–H and O–H groups in total. The van der Waals surface area contributed by atoms with Crippen molar-refractivity contribution in [1.29, 1.82) is 0 Å². The predicted molar refractivity (Wildman–Crippen MR) is 84.3 cm³/mol. The second-order valence-corrected chi connectivity index (χ2v) is 5.57. The average molecular weight is 296 g/mol. The average Bonchev–Trinajstić information content (AvgIpc) is 3.20. The van der Waals surface area contributed by atoms with Gasteiger partial charge >= 0.3 is 0 Å². The fourth-order valence-corrected chi connectivity index (χ4v) is 2.34. The van der Waals surface area contributed by atoms with Gasteiger partial charge in [-0.15, -0.1) is 0 Å². The number of hydrogen-bond acceptors (Lipinski definition) is 4. The molecule has 5 nitrogen and oxygen atoms in total. The summed E-state index contributed by atoms with van der Waals surface area (Å²) in [4.78, 5) is 7.55. The van der Waals surface area contributed by atoms with E-state index in [1.54, 1.807) is 6.20 Å². The first-order valence-electron chi connectivity index (χ1n) is 7.47. The fraction of sp³-hybridized carbons (Fsp3) is 0.294. The molecule has 3 aromatic rings. The Balaban J connectivity index is 1.76. The van der Waals surface area contributed by atoms with E-state index in [4.69, 9.17) is 4.52 Å². The number of rotatable bonds is 6. The van der Waals surface area contributed by atoms with Crippen LogP contribution in [0.15, 0.2) is 53.3 Å². The Morgan fingerprint density at radius 2 is 2.05 bits per heavy atom. The predicted octanol–water partition coefficient (Wildman–Crippen LogP) is 3.40. The highest BCUT2D eigenvalue weighted by Gasteiger charge is 2.17. The number of aromatic amines is 1. The first-order chi connectivity index (χ1) is 10.7. The van der Waals surface area contributed by atoms with Gasteiger partial charge in [-0.2, -0.15) is 0 Å². The molecule has 2 aromatic heterocycles. The molecule has 0 spiro atoms. The number of nitrogens with one attached hydrogen (secondary N) is 2. The SMILES string of the molecule is CC(C)c1cc(CN[C@H](c2ccccc2)c2ncc[nH]2)on1. The van der Waals surface area contributed by atoms with E-state index < -0.39 is 0 Å². The minimum Gasteiger partial charge on any atom is -0.360 e. The van der Waals surface area contributed by atoms with Gasteiger partial charge in [-0.05, 0) is 11.5 Å². The molecular formula is C17H20N4O. The van der Waals surface area contributed by atoms with E-state index in [1.807, 2.05) is 30.5 Å². The molecule has 1 atom stereocenters. The molecule has 0 radical (unpaired) electrons. The Hall–Kier alpha value is -2.40. The number of benzene rings is 1. The normalized spacial score (nSPS) is 12.7. The summed E-state index contributed by atoms with van der Waals surface area (Å²) in [5, 5.41) is 7.57. The zero-order chi connectivity index (χ0) is 15.4. The van der Waals surface area contributed by atoms with Crippen LogP contribution in [-0.4, -0.2) is 15.1 Å². The summed E-state index contributed by atoms with van der Waals surface area (Å²) in [6.07, 6.45) is 3.59. The summed E-state index contributed by atoms with van der Waals surface area (Å²) >= 11 is 0. The lowest BCUT2D eigenvalue weighted by atomic mass is 10.1. The highest BCUT2D eigenvalue weighted by atomic mass is 16.5. The van der Waals surface area contributed by atoms with Crippen LogP contribution in [-0.2, 0) is 6.54 Å². The zero-order valence-corrected chi connectivity index (χ0v) is 12.8. The summed E-state index contributed by atoms with van der Waals surface area (Å²) in [5.41, 5.74) is 2.13. The van der Waals surface area contributed by atoms with Crippen LogP contribution in [0.3, 0.4) is 0 Å². The number of nitrogens with zero attached hydrogens (tertiary/aromatic N) is 2. The maximum atomic E-state index is 5.39. The van der Waals surface area contributed by atoms with Crippen molar-refractivity contribution in [1.82, 2.24) is 20.4 Å². The number of aromatic nitrogens is 3. The Bertz CT molecular complexity index is 689. The van der Waals surface area contributed by atoms with Gasteiger partial charge in [0, 0.05) is 18.5 Å². The molecule has 0 saturated heterocycles. The summed E-state index contributed by atoms with van der Waals surface area (Å²) < 4.78 is 5.39. The molecule has 22 heavy (non-hydrogen) atoms. The van der Waals surface area contributed by atoms with Gasteiger partial charge in [0.25, 0.3) is 0 Å². The standard InChI is InChI=1S/C17H20N4O/c1-12(2)15-10-14(22-21-15)11-20-16(17-18-8-9-19-17)13-6-4-3-5-7-13/h3-10,12,16,20H,11H2,1-2H3,(H,18,19)/t16-/m1/s1. The van der Waals surface area contributed by atoms with Crippen molar-refractivity contribution in [3.8, 4) is 0 Å². The van der Waals surface area contributed by atoms with Gasteiger partial charge in [-0.1, -0.05) is 49.3 Å². The van der Waals surface area contributed by atoms with Crippen molar-refractivity contribution in [2.75, 3.05) is 0 Å². The number of hydrogen-bond donors (Lipinski definition) is 2. The molecule has 0 bridgehead atoms. The van der Waals surface area contributed by atoms with Crippen LogP contribution in [0.1, 0.15) is 48.6 Å². The number of imidazole rings is 1. The largest absolute Gasteiger partial charge is 0.360 e. The van der Waals surface area contributed by atoms with Crippen LogP contribution >= 0.6 is 0 Å². The monoisotopic (exact) mass is 296 g/mol. The van der Waals surface area contributed by atoms with Gasteiger partial charge < -0.3 is 9.51 Å². The van der Waals surface area contributed by atoms with Crippen LogP contribution in [0, 0.1) is 0 Å². The van der Waals surface area contributed by atoms with E-state index in [1.165, 1.54) is 0 Å². The summed E-state index contributed by atoms with van der Waals surface area (Å²) in [5.74, 6) is 2.08. The van der Waals surface area contributed by atoms with Crippen molar-refractivity contribution in [3.05, 3.63) is 71.6 Å². The molecule has 114 valence electrons. The summed E-state index contributed by atoms with van der Waals surface area (Å²) in [6.45, 7) is 4.80. The highest BCUT2D eigenvalue weighted by molar-refractivity contribution is 5.25. The van der Waals surface area contributed by atoms with Gasteiger partial charge in [0.2, 0.25) is 0 Å². The van der Waals surface area contributed by atoms with Crippen molar-refractivity contribution in [2.45, 2.75) is 32.4 Å². The maximum absolute atomic E-state index is 5.39. The first kappa shape index (κ1) is 14.5. The molecule has 3 rings (SSSR count). The Kier molecular flexibility index (Phi) is 4.34. The first-order valence-corrected chi connectivity index (χ1v) is 7.47. The highest BCUT2D eigenvalue weighted by Crippen LogP contribution is 2.20. The lowest BCUT2D eigenvalue weighted by Gasteiger charge is -2.16. The third-order valence-electron chi connectivity index (χ3n) is 3.57. The third-order valence-corrected chi connectivity index (χ3v) is 3.57.